The van der Waals surface area contributed by atoms with Gasteiger partial charge in [0.2, 0.25) is 5.95 Å². The molecule has 4 aromatic rings. The first kappa shape index (κ1) is 18.6. The number of benzene rings is 2. The van der Waals surface area contributed by atoms with E-state index in [9.17, 15) is 14.9 Å². The molecule has 2 atom stereocenters. The summed E-state index contributed by atoms with van der Waals surface area (Å²) in [5, 5.41) is 14.8. The Balaban J connectivity index is 1.56. The summed E-state index contributed by atoms with van der Waals surface area (Å²) in [6.07, 6.45) is 2.54. The molecule has 32 heavy (non-hydrogen) atoms. The fraction of sp³-hybridized carbons (Fsp3) is 0.167. The molecule has 1 aliphatic carbocycles. The normalized spacial score (nSPS) is 20.1. The average Bonchev–Trinajstić information content (AvgIpc) is 3.45. The maximum Gasteiger partial charge on any atom is 0.269 e. The fourth-order valence-corrected chi connectivity index (χ4v) is 4.87. The van der Waals surface area contributed by atoms with Gasteiger partial charge in [-0.05, 0) is 36.2 Å². The van der Waals surface area contributed by atoms with Gasteiger partial charge in [0.25, 0.3) is 5.69 Å². The second kappa shape index (κ2) is 6.91. The highest BCUT2D eigenvalue weighted by molar-refractivity contribution is 6.01. The second-order valence-corrected chi connectivity index (χ2v) is 8.11. The second-order valence-electron chi connectivity index (χ2n) is 8.11. The van der Waals surface area contributed by atoms with Crippen molar-refractivity contribution in [2.24, 2.45) is 0 Å². The van der Waals surface area contributed by atoms with Crippen LogP contribution >= 0.6 is 0 Å². The molecule has 0 amide bonds. The number of allylic oxidation sites excluding steroid dienone is 2. The molecule has 158 valence electrons. The monoisotopic (exact) mass is 426 g/mol. The number of hydrogen-bond donors (Lipinski definition) is 1. The number of anilines is 1. The number of carbonyl (C=O) groups excluding carboxylic acids is 1. The van der Waals surface area contributed by atoms with Crippen LogP contribution in [0.25, 0.3) is 11.0 Å². The molecule has 1 aliphatic heterocycles. The smallest absolute Gasteiger partial charge is 0.269 e. The van der Waals surface area contributed by atoms with Crippen LogP contribution in [0.4, 0.5) is 11.6 Å². The Labute approximate surface area is 182 Å². The molecule has 6 rings (SSSR count). The highest BCUT2D eigenvalue weighted by atomic mass is 16.6. The summed E-state index contributed by atoms with van der Waals surface area (Å²) in [5.41, 5.74) is 3.75. The number of aromatic nitrogens is 2. The Morgan fingerprint density at radius 3 is 2.78 bits per heavy atom. The van der Waals surface area contributed by atoms with Gasteiger partial charge in [-0.25, -0.2) is 4.98 Å². The maximum atomic E-state index is 13.5. The quantitative estimate of drug-likeness (QED) is 0.367. The van der Waals surface area contributed by atoms with Crippen molar-refractivity contribution in [3.8, 4) is 0 Å². The molecule has 2 aromatic heterocycles. The van der Waals surface area contributed by atoms with Crippen LogP contribution in [0.2, 0.25) is 0 Å². The highest BCUT2D eigenvalue weighted by Gasteiger charge is 2.40. The Kier molecular flexibility index (Phi) is 4.01. The lowest BCUT2D eigenvalue weighted by Gasteiger charge is -2.35. The Bertz CT molecular complexity index is 1420. The molecule has 8 nitrogen and oxygen atoms in total. The zero-order chi connectivity index (χ0) is 21.8. The number of nitrogens with one attached hydrogen (secondary N) is 1. The molecule has 0 unspecified atom stereocenters. The molecule has 0 spiro atoms. The number of nitro groups is 1. The minimum Gasteiger partial charge on any atom is -0.469 e. The van der Waals surface area contributed by atoms with Crippen LogP contribution in [0.15, 0.2) is 82.6 Å². The molecule has 3 heterocycles. The van der Waals surface area contributed by atoms with Crippen molar-refractivity contribution in [1.82, 2.24) is 9.55 Å². The standard InChI is InChI=1S/C24H18N4O4/c29-20-13-15(21-9-4-10-32-21)12-18-22(20)23(14-5-3-6-16(11-14)28(30)31)27-19-8-2-1-7-17(19)25-24(27)26-18/h1-11,15,23H,12-13H2,(H,25,26)/t15-,23-/m1/s1. The molecule has 2 aliphatic rings. The lowest BCUT2D eigenvalue weighted by Crippen LogP contribution is -2.33. The SMILES string of the molecule is O=C1C[C@H](c2ccco2)CC2=C1[C@@H](c1cccc([N+](=O)[O-])c1)n1c(nc3ccccc31)N2. The van der Waals surface area contributed by atoms with Crippen LogP contribution < -0.4 is 5.32 Å². The Morgan fingerprint density at radius 1 is 1.09 bits per heavy atom. The predicted molar refractivity (Wildman–Crippen MR) is 117 cm³/mol. The predicted octanol–water partition coefficient (Wildman–Crippen LogP) is 4.95. The molecule has 0 fully saturated rings. The number of furan rings is 1. The molecule has 0 saturated heterocycles. The Hall–Kier alpha value is -4.20. The van der Waals surface area contributed by atoms with Crippen LogP contribution in [0.1, 0.15) is 36.1 Å². The van der Waals surface area contributed by atoms with Crippen molar-refractivity contribution in [3.05, 3.63) is 99.6 Å². The summed E-state index contributed by atoms with van der Waals surface area (Å²) in [4.78, 5) is 29.3. The first-order valence-corrected chi connectivity index (χ1v) is 10.4. The first-order chi connectivity index (χ1) is 15.6. The molecule has 8 heteroatoms. The van der Waals surface area contributed by atoms with E-state index in [1.54, 1.807) is 18.4 Å². The number of rotatable bonds is 3. The van der Waals surface area contributed by atoms with Crippen LogP contribution in [0, 0.1) is 10.1 Å². The fourth-order valence-electron chi connectivity index (χ4n) is 4.87. The van der Waals surface area contributed by atoms with Crippen molar-refractivity contribution in [2.45, 2.75) is 24.8 Å². The number of nitro benzene ring substituents is 1. The van der Waals surface area contributed by atoms with Gasteiger partial charge in [0, 0.05) is 35.7 Å². The number of hydrogen-bond acceptors (Lipinski definition) is 6. The van der Waals surface area contributed by atoms with Gasteiger partial charge in [0.1, 0.15) is 5.76 Å². The van der Waals surface area contributed by atoms with Crippen LogP contribution in [0.3, 0.4) is 0 Å². The van der Waals surface area contributed by atoms with Crippen molar-refractivity contribution in [2.75, 3.05) is 5.32 Å². The van der Waals surface area contributed by atoms with Gasteiger partial charge >= 0.3 is 0 Å². The first-order valence-electron chi connectivity index (χ1n) is 10.4. The number of para-hydroxylation sites is 2. The van der Waals surface area contributed by atoms with Crippen molar-refractivity contribution >= 4 is 28.5 Å². The average molecular weight is 426 g/mol. The van der Waals surface area contributed by atoms with E-state index in [1.807, 2.05) is 47.0 Å². The van der Waals surface area contributed by atoms with Gasteiger partial charge in [-0.2, -0.15) is 0 Å². The molecule has 0 saturated carbocycles. The van der Waals surface area contributed by atoms with Gasteiger partial charge in [-0.1, -0.05) is 24.3 Å². The van der Waals surface area contributed by atoms with E-state index in [0.29, 0.717) is 29.9 Å². The maximum absolute atomic E-state index is 13.5. The third-order valence-electron chi connectivity index (χ3n) is 6.24. The summed E-state index contributed by atoms with van der Waals surface area (Å²) >= 11 is 0. The van der Waals surface area contributed by atoms with Gasteiger partial charge in [0.05, 0.1) is 28.3 Å². The molecule has 0 bridgehead atoms. The summed E-state index contributed by atoms with van der Waals surface area (Å²) in [7, 11) is 0. The van der Waals surface area contributed by atoms with Crippen molar-refractivity contribution in [1.29, 1.82) is 0 Å². The number of Topliss-reactive ketones (excluding diaryl/α,β-unsaturated/α-hetero) is 1. The zero-order valence-corrected chi connectivity index (χ0v) is 16.9. The minimum absolute atomic E-state index is 0.0000808. The van der Waals surface area contributed by atoms with Gasteiger partial charge in [0.15, 0.2) is 5.78 Å². The number of ketones is 1. The van der Waals surface area contributed by atoms with E-state index in [1.165, 1.54) is 6.07 Å². The molecule has 1 N–H and O–H groups in total. The van der Waals surface area contributed by atoms with Crippen LogP contribution in [-0.4, -0.2) is 20.3 Å². The lowest BCUT2D eigenvalue weighted by molar-refractivity contribution is -0.384. The van der Waals surface area contributed by atoms with E-state index >= 15 is 0 Å². The van der Waals surface area contributed by atoms with E-state index in [0.717, 1.165) is 22.5 Å². The molecular formula is C24H18N4O4. The topological polar surface area (TPSA) is 103 Å². The van der Waals surface area contributed by atoms with Gasteiger partial charge in [-0.3, -0.25) is 19.5 Å². The number of carbonyl (C=O) groups is 1. The van der Waals surface area contributed by atoms with Crippen LogP contribution in [0.5, 0.6) is 0 Å². The van der Waals surface area contributed by atoms with E-state index in [2.05, 4.69) is 5.32 Å². The third kappa shape index (κ3) is 2.76. The van der Waals surface area contributed by atoms with Gasteiger partial charge in [-0.15, -0.1) is 0 Å². The van der Waals surface area contributed by atoms with E-state index < -0.39 is 11.0 Å². The summed E-state index contributed by atoms with van der Waals surface area (Å²) < 4.78 is 7.54. The highest BCUT2D eigenvalue weighted by Crippen LogP contribution is 2.46. The molecule has 2 aromatic carbocycles. The van der Waals surface area contributed by atoms with Crippen LogP contribution in [-0.2, 0) is 4.79 Å². The molecule has 0 radical (unpaired) electrons. The number of fused-ring (bicyclic) bond motifs is 3. The summed E-state index contributed by atoms with van der Waals surface area (Å²) in [5.74, 6) is 1.33. The number of imidazole rings is 1. The van der Waals surface area contributed by atoms with Crippen molar-refractivity contribution < 1.29 is 14.1 Å². The summed E-state index contributed by atoms with van der Waals surface area (Å²) in [6, 6.07) is 17.4. The Morgan fingerprint density at radius 2 is 1.97 bits per heavy atom. The largest absolute Gasteiger partial charge is 0.469 e. The molecular weight excluding hydrogens is 408 g/mol. The van der Waals surface area contributed by atoms with Crippen molar-refractivity contribution in [3.63, 3.8) is 0 Å². The zero-order valence-electron chi connectivity index (χ0n) is 16.9. The van der Waals surface area contributed by atoms with E-state index in [4.69, 9.17) is 9.40 Å². The third-order valence-corrected chi connectivity index (χ3v) is 6.24. The minimum atomic E-state index is -0.501. The van der Waals surface area contributed by atoms with E-state index in [-0.39, 0.29) is 17.4 Å². The summed E-state index contributed by atoms with van der Waals surface area (Å²) in [6.45, 7) is 0. The lowest BCUT2D eigenvalue weighted by atomic mass is 9.79. The number of nitrogens with zero attached hydrogens (tertiary/aromatic N) is 3. The number of non-ortho nitro benzene ring substituents is 1. The van der Waals surface area contributed by atoms with Gasteiger partial charge < -0.3 is 9.73 Å².